The lowest BCUT2D eigenvalue weighted by atomic mass is 10.0. The third-order valence-corrected chi connectivity index (χ3v) is 3.21. The Morgan fingerprint density at radius 1 is 1.33 bits per heavy atom. The van der Waals surface area contributed by atoms with E-state index in [1.165, 1.54) is 0 Å². The molecule has 4 nitrogen and oxygen atoms in total. The number of hydrogen-bond donors (Lipinski definition) is 1. The molecule has 1 aliphatic heterocycles. The first-order valence-electron chi connectivity index (χ1n) is 6.97. The molecule has 0 aromatic rings. The second-order valence-electron chi connectivity index (χ2n) is 6.37. The summed E-state index contributed by atoms with van der Waals surface area (Å²) >= 11 is 0. The van der Waals surface area contributed by atoms with E-state index in [1.54, 1.807) is 0 Å². The van der Waals surface area contributed by atoms with E-state index in [9.17, 15) is 4.79 Å². The molecule has 0 aromatic heterocycles. The lowest BCUT2D eigenvalue weighted by Gasteiger charge is -2.35. The minimum atomic E-state index is -0.389. The fourth-order valence-electron chi connectivity index (χ4n) is 2.23. The minimum absolute atomic E-state index is 0.159. The Kier molecular flexibility index (Phi) is 5.60. The summed E-state index contributed by atoms with van der Waals surface area (Å²) in [6, 6.07) is 1.07. The average molecular weight is 256 g/mol. The van der Waals surface area contributed by atoms with E-state index in [2.05, 4.69) is 24.1 Å². The summed E-state index contributed by atoms with van der Waals surface area (Å²) in [7, 11) is 0. The number of nitrogens with zero attached hydrogens (tertiary/aromatic N) is 1. The molecule has 0 unspecified atom stereocenters. The molecule has 0 amide bonds. The zero-order valence-corrected chi connectivity index (χ0v) is 12.5. The molecular formula is C14H28N2O2. The number of piperidine rings is 1. The highest BCUT2D eigenvalue weighted by molar-refractivity contribution is 5.72. The third kappa shape index (κ3) is 5.83. The normalized spacial score (nSPS) is 19.2. The highest BCUT2D eigenvalue weighted by Gasteiger charge is 2.22. The van der Waals surface area contributed by atoms with E-state index < -0.39 is 0 Å². The van der Waals surface area contributed by atoms with Gasteiger partial charge in [0, 0.05) is 12.1 Å². The number of carbonyl (C=O) groups excluding carboxylic acids is 1. The maximum absolute atomic E-state index is 11.6. The molecule has 4 heteroatoms. The first kappa shape index (κ1) is 15.4. The van der Waals surface area contributed by atoms with Gasteiger partial charge in [-0.2, -0.15) is 0 Å². The van der Waals surface area contributed by atoms with Crippen LogP contribution in [0.4, 0.5) is 0 Å². The van der Waals surface area contributed by atoms with Gasteiger partial charge in [-0.15, -0.1) is 0 Å². The van der Waals surface area contributed by atoms with Crippen LogP contribution in [0, 0.1) is 0 Å². The molecule has 1 saturated heterocycles. The number of ether oxygens (including phenoxy) is 1. The molecular weight excluding hydrogens is 228 g/mol. The van der Waals surface area contributed by atoms with Crippen molar-refractivity contribution in [3.63, 3.8) is 0 Å². The molecule has 0 aliphatic carbocycles. The lowest BCUT2D eigenvalue weighted by Crippen LogP contribution is -2.46. The second-order valence-corrected chi connectivity index (χ2v) is 6.37. The van der Waals surface area contributed by atoms with E-state index in [-0.39, 0.29) is 11.6 Å². The summed E-state index contributed by atoms with van der Waals surface area (Å²) in [6.45, 7) is 12.7. The van der Waals surface area contributed by atoms with Crippen LogP contribution in [0.5, 0.6) is 0 Å². The van der Waals surface area contributed by atoms with Gasteiger partial charge < -0.3 is 15.0 Å². The van der Waals surface area contributed by atoms with Crippen molar-refractivity contribution >= 4 is 5.97 Å². The lowest BCUT2D eigenvalue weighted by molar-refractivity contribution is -0.153. The van der Waals surface area contributed by atoms with Gasteiger partial charge in [0.2, 0.25) is 0 Å². The van der Waals surface area contributed by atoms with Gasteiger partial charge in [0.15, 0.2) is 0 Å². The third-order valence-electron chi connectivity index (χ3n) is 3.21. The smallest absolute Gasteiger partial charge is 0.320 e. The van der Waals surface area contributed by atoms with Gasteiger partial charge >= 0.3 is 5.97 Å². The molecule has 1 rings (SSSR count). The van der Waals surface area contributed by atoms with Crippen LogP contribution in [0.3, 0.4) is 0 Å². The first-order chi connectivity index (χ1) is 8.28. The van der Waals surface area contributed by atoms with Gasteiger partial charge in [0.25, 0.3) is 0 Å². The van der Waals surface area contributed by atoms with Crippen LogP contribution in [0.2, 0.25) is 0 Å². The first-order valence-corrected chi connectivity index (χ1v) is 6.97. The maximum Gasteiger partial charge on any atom is 0.320 e. The second kappa shape index (κ2) is 6.53. The molecule has 106 valence electrons. The summed E-state index contributed by atoms with van der Waals surface area (Å²) in [6.07, 6.45) is 2.22. The number of nitrogens with one attached hydrogen (secondary N) is 1. The van der Waals surface area contributed by atoms with Crippen molar-refractivity contribution in [2.75, 3.05) is 19.6 Å². The molecule has 0 radical (unpaired) electrons. The highest BCUT2D eigenvalue weighted by atomic mass is 16.6. The van der Waals surface area contributed by atoms with Crippen LogP contribution < -0.4 is 5.32 Å². The Hall–Kier alpha value is -0.610. The van der Waals surface area contributed by atoms with Gasteiger partial charge in [-0.25, -0.2) is 0 Å². The molecule has 0 atom stereocenters. The minimum Gasteiger partial charge on any atom is -0.459 e. The zero-order chi connectivity index (χ0) is 13.8. The summed E-state index contributed by atoms with van der Waals surface area (Å²) in [5, 5.41) is 3.30. The summed E-state index contributed by atoms with van der Waals surface area (Å²) < 4.78 is 5.28. The van der Waals surface area contributed by atoms with Crippen LogP contribution in [0.1, 0.15) is 47.5 Å². The molecule has 1 fully saturated rings. The van der Waals surface area contributed by atoms with Crippen LogP contribution in [0.25, 0.3) is 0 Å². The molecule has 0 bridgehead atoms. The van der Waals surface area contributed by atoms with E-state index in [1.807, 2.05) is 20.8 Å². The van der Waals surface area contributed by atoms with Crippen molar-refractivity contribution in [2.45, 2.75) is 65.1 Å². The van der Waals surface area contributed by atoms with Crippen LogP contribution in [-0.2, 0) is 9.53 Å². The Labute approximate surface area is 111 Å². The van der Waals surface area contributed by atoms with Crippen LogP contribution in [0.15, 0.2) is 0 Å². The molecule has 0 saturated carbocycles. The van der Waals surface area contributed by atoms with Crippen LogP contribution in [-0.4, -0.2) is 48.2 Å². The van der Waals surface area contributed by atoms with Gasteiger partial charge in [-0.1, -0.05) is 0 Å². The Balaban J connectivity index is 2.20. The molecule has 1 N–H and O–H groups in total. The predicted octanol–water partition coefficient (Wildman–Crippen LogP) is 1.79. The predicted molar refractivity (Wildman–Crippen MR) is 73.6 cm³/mol. The fourth-order valence-corrected chi connectivity index (χ4v) is 2.23. The maximum atomic E-state index is 11.6. The van der Waals surface area contributed by atoms with Crippen molar-refractivity contribution in [3.05, 3.63) is 0 Å². The van der Waals surface area contributed by atoms with E-state index in [0.29, 0.717) is 18.6 Å². The van der Waals surface area contributed by atoms with Gasteiger partial charge in [-0.05, 0) is 60.5 Å². The zero-order valence-electron chi connectivity index (χ0n) is 12.5. The highest BCUT2D eigenvalue weighted by Crippen LogP contribution is 2.13. The van der Waals surface area contributed by atoms with Gasteiger partial charge in [-0.3, -0.25) is 4.79 Å². The van der Waals surface area contributed by atoms with Gasteiger partial charge in [0.05, 0.1) is 6.54 Å². The summed E-state index contributed by atoms with van der Waals surface area (Å²) in [5.41, 5.74) is -0.389. The van der Waals surface area contributed by atoms with Crippen molar-refractivity contribution < 1.29 is 9.53 Å². The van der Waals surface area contributed by atoms with Gasteiger partial charge in [0.1, 0.15) is 5.60 Å². The average Bonchev–Trinajstić information content (AvgIpc) is 2.24. The SMILES string of the molecule is CC(C)N1CCC(NCC(=O)OC(C)(C)C)CC1. The van der Waals surface area contributed by atoms with E-state index in [0.717, 1.165) is 25.9 Å². The summed E-state index contributed by atoms with van der Waals surface area (Å²) in [4.78, 5) is 14.1. The van der Waals surface area contributed by atoms with Crippen LogP contribution >= 0.6 is 0 Å². The molecule has 0 spiro atoms. The largest absolute Gasteiger partial charge is 0.459 e. The standard InChI is InChI=1S/C14H28N2O2/c1-11(2)16-8-6-12(7-9-16)15-10-13(17)18-14(3,4)5/h11-12,15H,6-10H2,1-5H3. The van der Waals surface area contributed by atoms with Crippen molar-refractivity contribution in [1.29, 1.82) is 0 Å². The fraction of sp³-hybridized carbons (Fsp3) is 0.929. The number of carbonyl (C=O) groups is 1. The quantitative estimate of drug-likeness (QED) is 0.779. The number of hydrogen-bond acceptors (Lipinski definition) is 4. The van der Waals surface area contributed by atoms with Crippen molar-refractivity contribution in [3.8, 4) is 0 Å². The van der Waals surface area contributed by atoms with E-state index >= 15 is 0 Å². The van der Waals surface area contributed by atoms with E-state index in [4.69, 9.17) is 4.74 Å². The summed E-state index contributed by atoms with van der Waals surface area (Å²) in [5.74, 6) is -0.159. The van der Waals surface area contributed by atoms with Crippen molar-refractivity contribution in [2.24, 2.45) is 0 Å². The Morgan fingerprint density at radius 3 is 2.33 bits per heavy atom. The Bertz CT molecular complexity index is 263. The number of rotatable bonds is 4. The van der Waals surface area contributed by atoms with Crippen molar-refractivity contribution in [1.82, 2.24) is 10.2 Å². The molecule has 1 heterocycles. The monoisotopic (exact) mass is 256 g/mol. The Morgan fingerprint density at radius 2 is 1.89 bits per heavy atom. The molecule has 0 aromatic carbocycles. The molecule has 1 aliphatic rings. The molecule has 18 heavy (non-hydrogen) atoms. The number of esters is 1. The number of likely N-dealkylation sites (tertiary alicyclic amines) is 1. The topological polar surface area (TPSA) is 41.6 Å².